The third-order valence-corrected chi connectivity index (χ3v) is 3.93. The molecule has 2 unspecified atom stereocenters. The molecule has 2 heterocycles. The van der Waals surface area contributed by atoms with Crippen LogP contribution in [0.1, 0.15) is 25.7 Å². The Kier molecular flexibility index (Phi) is 5.19. The van der Waals surface area contributed by atoms with Crippen molar-refractivity contribution in [3.05, 3.63) is 0 Å². The number of amides is 2. The fourth-order valence-electron chi connectivity index (χ4n) is 2.63. The lowest BCUT2D eigenvalue weighted by molar-refractivity contribution is -0.149. The number of rotatable bonds is 4. The first-order chi connectivity index (χ1) is 9.54. The number of urea groups is 1. The van der Waals surface area contributed by atoms with Crippen LogP contribution >= 0.6 is 0 Å². The molecule has 2 aliphatic heterocycles. The molecule has 20 heavy (non-hydrogen) atoms. The van der Waals surface area contributed by atoms with E-state index in [0.29, 0.717) is 19.4 Å². The molecular weight excluding hydrogens is 262 g/mol. The molecule has 2 aliphatic rings. The molecule has 0 aromatic rings. The van der Waals surface area contributed by atoms with Crippen molar-refractivity contribution < 1.29 is 19.4 Å². The highest BCUT2D eigenvalue weighted by Crippen LogP contribution is 2.19. The highest BCUT2D eigenvalue weighted by Gasteiger charge is 2.30. The standard InChI is InChI=1S/C13H23N3O4/c1-16-6-4-9(5-7-16)15-13(19)14-8-10-2-3-11(20-10)12(17)18/h9-11H,2-8H2,1H3,(H,17,18)(H2,14,15,19). The van der Waals surface area contributed by atoms with Crippen molar-refractivity contribution in [3.63, 3.8) is 0 Å². The molecule has 0 aromatic carbocycles. The predicted octanol–water partition coefficient (Wildman–Crippen LogP) is 0.0120. The van der Waals surface area contributed by atoms with Gasteiger partial charge in [-0.1, -0.05) is 0 Å². The number of nitrogens with one attached hydrogen (secondary N) is 2. The number of hydrogen-bond donors (Lipinski definition) is 3. The lowest BCUT2D eigenvalue weighted by Crippen LogP contribution is -2.48. The van der Waals surface area contributed by atoms with Crippen LogP contribution in [0.15, 0.2) is 0 Å². The van der Waals surface area contributed by atoms with E-state index < -0.39 is 12.1 Å². The third kappa shape index (κ3) is 4.35. The van der Waals surface area contributed by atoms with E-state index in [-0.39, 0.29) is 18.2 Å². The van der Waals surface area contributed by atoms with E-state index in [0.717, 1.165) is 25.9 Å². The Balaban J connectivity index is 1.62. The Hall–Kier alpha value is -1.34. The number of piperidine rings is 1. The number of carbonyl (C=O) groups is 2. The maximum absolute atomic E-state index is 11.8. The average Bonchev–Trinajstić information content (AvgIpc) is 2.88. The zero-order chi connectivity index (χ0) is 14.5. The van der Waals surface area contributed by atoms with Crippen molar-refractivity contribution >= 4 is 12.0 Å². The summed E-state index contributed by atoms with van der Waals surface area (Å²) < 4.78 is 5.33. The fraction of sp³-hybridized carbons (Fsp3) is 0.846. The Labute approximate surface area is 118 Å². The molecule has 2 fully saturated rings. The average molecular weight is 285 g/mol. The van der Waals surface area contributed by atoms with Gasteiger partial charge in [0, 0.05) is 12.6 Å². The summed E-state index contributed by atoms with van der Waals surface area (Å²) in [6.07, 6.45) is 2.19. The summed E-state index contributed by atoms with van der Waals surface area (Å²) in [5.41, 5.74) is 0. The van der Waals surface area contributed by atoms with E-state index in [1.165, 1.54) is 0 Å². The molecule has 0 radical (unpaired) electrons. The van der Waals surface area contributed by atoms with E-state index in [4.69, 9.17) is 9.84 Å². The second kappa shape index (κ2) is 6.90. The second-order valence-corrected chi connectivity index (χ2v) is 5.59. The van der Waals surface area contributed by atoms with Crippen LogP contribution in [-0.2, 0) is 9.53 Å². The Morgan fingerprint density at radius 2 is 1.95 bits per heavy atom. The van der Waals surface area contributed by atoms with Crippen molar-refractivity contribution in [1.82, 2.24) is 15.5 Å². The first-order valence-electron chi connectivity index (χ1n) is 7.16. The lowest BCUT2D eigenvalue weighted by atomic mass is 10.1. The summed E-state index contributed by atoms with van der Waals surface area (Å²) >= 11 is 0. The highest BCUT2D eigenvalue weighted by molar-refractivity contribution is 5.74. The summed E-state index contributed by atoms with van der Waals surface area (Å²) in [7, 11) is 2.08. The molecule has 0 bridgehead atoms. The number of hydrogen-bond acceptors (Lipinski definition) is 4. The van der Waals surface area contributed by atoms with Crippen molar-refractivity contribution in [2.45, 2.75) is 43.9 Å². The topological polar surface area (TPSA) is 90.9 Å². The molecule has 114 valence electrons. The van der Waals surface area contributed by atoms with E-state index in [1.54, 1.807) is 0 Å². The molecular formula is C13H23N3O4. The Morgan fingerprint density at radius 3 is 2.55 bits per heavy atom. The number of carboxylic acids is 1. The van der Waals surface area contributed by atoms with Gasteiger partial charge in [-0.15, -0.1) is 0 Å². The zero-order valence-corrected chi connectivity index (χ0v) is 11.8. The predicted molar refractivity (Wildman–Crippen MR) is 72.6 cm³/mol. The maximum atomic E-state index is 11.8. The van der Waals surface area contributed by atoms with Crippen LogP contribution in [-0.4, -0.2) is 66.9 Å². The molecule has 7 nitrogen and oxygen atoms in total. The van der Waals surface area contributed by atoms with Gasteiger partial charge >= 0.3 is 12.0 Å². The molecule has 0 aromatic heterocycles. The molecule has 0 aliphatic carbocycles. The second-order valence-electron chi connectivity index (χ2n) is 5.59. The lowest BCUT2D eigenvalue weighted by Gasteiger charge is -2.29. The van der Waals surface area contributed by atoms with Crippen molar-refractivity contribution in [2.75, 3.05) is 26.7 Å². The number of nitrogens with zero attached hydrogens (tertiary/aromatic N) is 1. The number of ether oxygens (including phenoxy) is 1. The van der Waals surface area contributed by atoms with Crippen molar-refractivity contribution in [3.8, 4) is 0 Å². The summed E-state index contributed by atoms with van der Waals surface area (Å²) in [6.45, 7) is 2.36. The fourth-order valence-corrected chi connectivity index (χ4v) is 2.63. The summed E-state index contributed by atoms with van der Waals surface area (Å²) in [5, 5.41) is 14.5. The van der Waals surface area contributed by atoms with Crippen LogP contribution in [0.4, 0.5) is 4.79 Å². The highest BCUT2D eigenvalue weighted by atomic mass is 16.5. The molecule has 0 saturated carbocycles. The number of aliphatic carboxylic acids is 1. The zero-order valence-electron chi connectivity index (χ0n) is 11.8. The molecule has 7 heteroatoms. The van der Waals surface area contributed by atoms with Crippen molar-refractivity contribution in [1.29, 1.82) is 0 Å². The molecule has 2 atom stereocenters. The van der Waals surface area contributed by atoms with Crippen LogP contribution in [0.3, 0.4) is 0 Å². The summed E-state index contributed by atoms with van der Waals surface area (Å²) in [4.78, 5) is 24.7. The van der Waals surface area contributed by atoms with E-state index in [9.17, 15) is 9.59 Å². The molecule has 0 spiro atoms. The summed E-state index contributed by atoms with van der Waals surface area (Å²) in [5.74, 6) is -0.928. The normalized spacial score (nSPS) is 28.2. The molecule has 2 saturated heterocycles. The van der Waals surface area contributed by atoms with Gasteiger partial charge in [0.1, 0.15) is 0 Å². The molecule has 2 rings (SSSR count). The van der Waals surface area contributed by atoms with Crippen LogP contribution in [0.5, 0.6) is 0 Å². The van der Waals surface area contributed by atoms with Gasteiger partial charge in [-0.05, 0) is 45.8 Å². The summed E-state index contributed by atoms with van der Waals surface area (Å²) in [6, 6.07) is 0.0318. The van der Waals surface area contributed by atoms with Crippen LogP contribution < -0.4 is 10.6 Å². The molecule has 2 amide bonds. The largest absolute Gasteiger partial charge is 0.479 e. The number of likely N-dealkylation sites (tertiary alicyclic amines) is 1. The minimum atomic E-state index is -0.928. The third-order valence-electron chi connectivity index (χ3n) is 3.93. The first-order valence-corrected chi connectivity index (χ1v) is 7.16. The van der Waals surface area contributed by atoms with Gasteiger partial charge in [0.15, 0.2) is 6.10 Å². The minimum absolute atomic E-state index is 0.193. The Bertz CT molecular complexity index is 356. The SMILES string of the molecule is CN1CCC(NC(=O)NCC2CCC(C(=O)O)O2)CC1. The van der Waals surface area contributed by atoms with E-state index in [2.05, 4.69) is 22.6 Å². The maximum Gasteiger partial charge on any atom is 0.332 e. The van der Waals surface area contributed by atoms with Crippen molar-refractivity contribution in [2.24, 2.45) is 0 Å². The van der Waals surface area contributed by atoms with E-state index >= 15 is 0 Å². The van der Waals surface area contributed by atoms with Gasteiger partial charge in [0.25, 0.3) is 0 Å². The van der Waals surface area contributed by atoms with Crippen LogP contribution in [0.25, 0.3) is 0 Å². The minimum Gasteiger partial charge on any atom is -0.479 e. The van der Waals surface area contributed by atoms with Gasteiger partial charge in [0.05, 0.1) is 6.10 Å². The van der Waals surface area contributed by atoms with Gasteiger partial charge < -0.3 is 25.4 Å². The smallest absolute Gasteiger partial charge is 0.332 e. The first kappa shape index (κ1) is 15.1. The number of carbonyl (C=O) groups excluding carboxylic acids is 1. The van der Waals surface area contributed by atoms with Crippen LogP contribution in [0, 0.1) is 0 Å². The molecule has 3 N–H and O–H groups in total. The van der Waals surface area contributed by atoms with Crippen LogP contribution in [0.2, 0.25) is 0 Å². The quantitative estimate of drug-likeness (QED) is 0.677. The monoisotopic (exact) mass is 285 g/mol. The Morgan fingerprint density at radius 1 is 1.25 bits per heavy atom. The van der Waals surface area contributed by atoms with Gasteiger partial charge in [-0.25, -0.2) is 9.59 Å². The number of carboxylic acid groups (broad SMARTS) is 1. The van der Waals surface area contributed by atoms with Gasteiger partial charge in [0.2, 0.25) is 0 Å². The van der Waals surface area contributed by atoms with E-state index in [1.807, 2.05) is 0 Å². The van der Waals surface area contributed by atoms with Gasteiger partial charge in [-0.3, -0.25) is 0 Å². The van der Waals surface area contributed by atoms with Gasteiger partial charge in [-0.2, -0.15) is 0 Å².